The van der Waals surface area contributed by atoms with Gasteiger partial charge in [0.25, 0.3) is 0 Å². The molecular formula is C28H31FN4O. The van der Waals surface area contributed by atoms with E-state index in [0.29, 0.717) is 6.42 Å². The van der Waals surface area contributed by atoms with E-state index in [9.17, 15) is 4.48 Å². The van der Waals surface area contributed by atoms with Gasteiger partial charge in [-0.05, 0) is 43.2 Å². The molecule has 0 amide bonds. The average Bonchev–Trinajstić information content (AvgIpc) is 3.33. The fourth-order valence-electron chi connectivity index (χ4n) is 5.18. The fraction of sp³-hybridized carbons (Fsp3) is 0.321. The number of nitrogens with one attached hydrogen (secondary N) is 2. The Morgan fingerprint density at radius 2 is 1.59 bits per heavy atom. The van der Waals surface area contributed by atoms with E-state index >= 15 is 0 Å². The Hall–Kier alpha value is -3.54. The van der Waals surface area contributed by atoms with E-state index in [1.165, 1.54) is 23.1 Å². The highest BCUT2D eigenvalue weighted by Crippen LogP contribution is 2.43. The molecule has 1 aliphatic rings. The van der Waals surface area contributed by atoms with Crippen molar-refractivity contribution in [3.63, 3.8) is 0 Å². The Balaban J connectivity index is 1.70. The molecule has 0 aliphatic carbocycles. The summed E-state index contributed by atoms with van der Waals surface area (Å²) in [5.41, 5.74) is 9.10. The summed E-state index contributed by atoms with van der Waals surface area (Å²) in [4.78, 5) is 10.3. The highest BCUT2D eigenvalue weighted by molar-refractivity contribution is 5.97. The predicted octanol–water partition coefficient (Wildman–Crippen LogP) is 6.23. The van der Waals surface area contributed by atoms with Crippen LogP contribution < -0.4 is 15.2 Å². The van der Waals surface area contributed by atoms with Crippen molar-refractivity contribution in [1.82, 2.24) is 9.97 Å². The summed E-state index contributed by atoms with van der Waals surface area (Å²) in [6.45, 7) is 1.96. The molecule has 5 nitrogen and oxygen atoms in total. The molecule has 0 radical (unpaired) electrons. The molecule has 1 aliphatic heterocycles. The summed E-state index contributed by atoms with van der Waals surface area (Å²) < 4.78 is 19.7. The number of fused-ring (bicyclic) bond motifs is 1. The highest BCUT2D eigenvalue weighted by Gasteiger charge is 2.27. The molecule has 176 valence electrons. The van der Waals surface area contributed by atoms with Crippen LogP contribution in [0.3, 0.4) is 0 Å². The molecular weight excluding hydrogens is 427 g/mol. The zero-order chi connectivity index (χ0) is 23.3. The number of aromatic nitrogens is 2. The molecule has 0 unspecified atom stereocenters. The normalized spacial score (nSPS) is 13.9. The number of ether oxygens (including phenoxy) is 1. The van der Waals surface area contributed by atoms with Crippen molar-refractivity contribution in [2.24, 2.45) is 0 Å². The van der Waals surface area contributed by atoms with Crippen molar-refractivity contribution in [3.8, 4) is 5.75 Å². The molecule has 6 heteroatoms. The van der Waals surface area contributed by atoms with Crippen LogP contribution in [0.1, 0.15) is 41.5 Å². The van der Waals surface area contributed by atoms with Gasteiger partial charge in [0.05, 0.1) is 23.8 Å². The molecule has 5 rings (SSSR count). The van der Waals surface area contributed by atoms with Crippen LogP contribution in [0.2, 0.25) is 0 Å². The van der Waals surface area contributed by atoms with Crippen LogP contribution in [0.15, 0.2) is 60.7 Å². The van der Waals surface area contributed by atoms with Crippen LogP contribution in [0.25, 0.3) is 11.0 Å². The summed E-state index contributed by atoms with van der Waals surface area (Å²) in [6.07, 6.45) is 5.93. The first-order chi connectivity index (χ1) is 16.8. The number of imidazole rings is 1. The SMILES string of the molecule is COc1c(CCc2ccccc2)c(N2CCCCC2)c2[nH]c(NF)nc2c1Cc1ccccc1. The van der Waals surface area contributed by atoms with Crippen molar-refractivity contribution in [2.75, 3.05) is 30.6 Å². The second-order valence-corrected chi connectivity index (χ2v) is 8.94. The zero-order valence-corrected chi connectivity index (χ0v) is 19.6. The number of benzene rings is 3. The Kier molecular flexibility index (Phi) is 6.65. The monoisotopic (exact) mass is 458 g/mol. The summed E-state index contributed by atoms with van der Waals surface area (Å²) in [6, 6.07) is 20.8. The van der Waals surface area contributed by atoms with Gasteiger partial charge in [0.15, 0.2) is 0 Å². The van der Waals surface area contributed by atoms with Gasteiger partial charge in [-0.2, -0.15) is 5.54 Å². The molecule has 0 bridgehead atoms. The largest absolute Gasteiger partial charge is 0.496 e. The number of aryl methyl sites for hydroxylation is 1. The van der Waals surface area contributed by atoms with E-state index in [0.717, 1.165) is 66.8 Å². The molecule has 4 aromatic rings. The number of halogens is 1. The van der Waals surface area contributed by atoms with E-state index in [2.05, 4.69) is 51.3 Å². The molecule has 1 aromatic heterocycles. The molecule has 2 N–H and O–H groups in total. The first-order valence-corrected chi connectivity index (χ1v) is 12.1. The molecule has 0 saturated carbocycles. The Labute approximate surface area is 199 Å². The van der Waals surface area contributed by atoms with E-state index in [1.807, 2.05) is 24.3 Å². The van der Waals surface area contributed by atoms with Gasteiger partial charge in [0, 0.05) is 30.6 Å². The van der Waals surface area contributed by atoms with Crippen LogP contribution >= 0.6 is 0 Å². The minimum Gasteiger partial charge on any atom is -0.496 e. The van der Waals surface area contributed by atoms with Crippen molar-refractivity contribution >= 4 is 22.7 Å². The third-order valence-corrected chi connectivity index (χ3v) is 6.76. The molecule has 1 saturated heterocycles. The maximum Gasteiger partial charge on any atom is 0.229 e. The van der Waals surface area contributed by atoms with Crippen molar-refractivity contribution in [2.45, 2.75) is 38.5 Å². The van der Waals surface area contributed by atoms with Crippen LogP contribution in [0.5, 0.6) is 5.75 Å². The molecule has 34 heavy (non-hydrogen) atoms. The first-order valence-electron chi connectivity index (χ1n) is 12.1. The number of anilines is 2. The number of aromatic amines is 1. The quantitative estimate of drug-likeness (QED) is 0.307. The van der Waals surface area contributed by atoms with Crippen molar-refractivity contribution < 1.29 is 9.22 Å². The number of hydrogen-bond acceptors (Lipinski definition) is 4. The van der Waals surface area contributed by atoms with E-state index in [4.69, 9.17) is 4.74 Å². The lowest BCUT2D eigenvalue weighted by Gasteiger charge is -2.32. The van der Waals surface area contributed by atoms with Gasteiger partial charge in [-0.1, -0.05) is 60.7 Å². The lowest BCUT2D eigenvalue weighted by Crippen LogP contribution is -2.31. The molecule has 2 heterocycles. The topological polar surface area (TPSA) is 53.2 Å². The van der Waals surface area contributed by atoms with Gasteiger partial charge in [0.1, 0.15) is 5.75 Å². The van der Waals surface area contributed by atoms with Crippen LogP contribution in [-0.4, -0.2) is 30.2 Å². The van der Waals surface area contributed by atoms with Gasteiger partial charge in [-0.15, -0.1) is 4.48 Å². The number of piperidine rings is 1. The number of methoxy groups -OCH3 is 1. The minimum absolute atomic E-state index is 0.129. The number of rotatable bonds is 8. The number of nitrogens with zero attached hydrogens (tertiary/aromatic N) is 2. The molecule has 0 spiro atoms. The first kappa shape index (κ1) is 22.3. The fourth-order valence-corrected chi connectivity index (χ4v) is 5.18. The van der Waals surface area contributed by atoms with Gasteiger partial charge in [-0.25, -0.2) is 4.98 Å². The Morgan fingerprint density at radius 3 is 2.24 bits per heavy atom. The number of hydrogen-bond donors (Lipinski definition) is 2. The van der Waals surface area contributed by atoms with E-state index in [1.54, 1.807) is 12.6 Å². The van der Waals surface area contributed by atoms with Crippen LogP contribution in [0, 0.1) is 0 Å². The van der Waals surface area contributed by atoms with E-state index in [-0.39, 0.29) is 5.95 Å². The smallest absolute Gasteiger partial charge is 0.229 e. The molecule has 0 atom stereocenters. The molecule has 3 aromatic carbocycles. The second-order valence-electron chi connectivity index (χ2n) is 8.94. The molecule has 1 fully saturated rings. The second kappa shape index (κ2) is 10.2. The average molecular weight is 459 g/mol. The van der Waals surface area contributed by atoms with Crippen LogP contribution in [0.4, 0.5) is 16.1 Å². The summed E-state index contributed by atoms with van der Waals surface area (Å²) in [5.74, 6) is 0.995. The van der Waals surface area contributed by atoms with Crippen LogP contribution in [-0.2, 0) is 19.3 Å². The summed E-state index contributed by atoms with van der Waals surface area (Å²) in [5, 5.41) is 0. The lowest BCUT2D eigenvalue weighted by atomic mass is 9.93. The highest BCUT2D eigenvalue weighted by atomic mass is 19.2. The lowest BCUT2D eigenvalue weighted by molar-refractivity contribution is 0.406. The van der Waals surface area contributed by atoms with Gasteiger partial charge in [-0.3, -0.25) is 0 Å². The number of H-pyrrole nitrogens is 1. The van der Waals surface area contributed by atoms with Gasteiger partial charge < -0.3 is 14.6 Å². The zero-order valence-electron chi connectivity index (χ0n) is 19.6. The minimum atomic E-state index is 0.129. The van der Waals surface area contributed by atoms with Gasteiger partial charge >= 0.3 is 0 Å². The third kappa shape index (κ3) is 4.45. The Morgan fingerprint density at radius 1 is 0.912 bits per heavy atom. The van der Waals surface area contributed by atoms with Gasteiger partial charge in [0.2, 0.25) is 5.95 Å². The van der Waals surface area contributed by atoms with Crippen molar-refractivity contribution in [3.05, 3.63) is 82.9 Å². The predicted molar refractivity (Wildman–Crippen MR) is 137 cm³/mol. The Bertz CT molecular complexity index is 1230. The maximum atomic E-state index is 13.6. The standard InChI is InChI=1S/C28H31FN4O/c1-34-27-22(16-15-20-11-5-2-6-12-20)26(33-17-9-4-10-18-33)25-24(30-28(31-25)32-29)23(27)19-21-13-7-3-8-14-21/h2-3,5-8,11-14H,4,9-10,15-19H2,1H3,(H2,30,31,32). The third-order valence-electron chi connectivity index (χ3n) is 6.76. The maximum absolute atomic E-state index is 13.6. The van der Waals surface area contributed by atoms with Crippen molar-refractivity contribution in [1.29, 1.82) is 0 Å². The van der Waals surface area contributed by atoms with E-state index < -0.39 is 0 Å². The summed E-state index contributed by atoms with van der Waals surface area (Å²) >= 11 is 0. The summed E-state index contributed by atoms with van der Waals surface area (Å²) in [7, 11) is 1.74.